The molecule has 1 aromatic heterocycles. The highest BCUT2D eigenvalue weighted by molar-refractivity contribution is 7.99. The summed E-state index contributed by atoms with van der Waals surface area (Å²) in [4.78, 5) is 23.8. The van der Waals surface area contributed by atoms with Crippen LogP contribution in [0.25, 0.3) is 11.4 Å². The van der Waals surface area contributed by atoms with Gasteiger partial charge in [0.05, 0.1) is 12.9 Å². The van der Waals surface area contributed by atoms with Crippen LogP contribution >= 0.6 is 11.8 Å². The number of imide groups is 1. The second kappa shape index (κ2) is 10.5. The molecular weight excluding hydrogens is 378 g/mol. The summed E-state index contributed by atoms with van der Waals surface area (Å²) in [6, 6.07) is 6.98. The number of amides is 3. The fourth-order valence-electron chi connectivity index (χ4n) is 2.30. The molecule has 1 atom stereocenters. The largest absolute Gasteiger partial charge is 0.497 e. The predicted molar refractivity (Wildman–Crippen MR) is 109 cm³/mol. The van der Waals surface area contributed by atoms with E-state index in [2.05, 4.69) is 27.4 Å². The Hall–Kier alpha value is -2.81. The molecule has 0 fully saturated rings. The first kappa shape index (κ1) is 21.5. The first-order valence-electron chi connectivity index (χ1n) is 8.90. The van der Waals surface area contributed by atoms with E-state index in [1.54, 1.807) is 13.2 Å². The van der Waals surface area contributed by atoms with E-state index in [1.165, 1.54) is 11.8 Å². The molecule has 0 aliphatic rings. The minimum Gasteiger partial charge on any atom is -0.497 e. The van der Waals surface area contributed by atoms with E-state index in [0.717, 1.165) is 17.7 Å². The average Bonchev–Trinajstić information content (AvgIpc) is 3.09. The zero-order chi connectivity index (χ0) is 20.5. The van der Waals surface area contributed by atoms with E-state index in [0.29, 0.717) is 17.5 Å². The molecule has 0 aliphatic carbocycles. The van der Waals surface area contributed by atoms with Gasteiger partial charge in [-0.05, 0) is 37.6 Å². The van der Waals surface area contributed by atoms with Crippen LogP contribution in [0.15, 0.2) is 42.1 Å². The summed E-state index contributed by atoms with van der Waals surface area (Å²) < 4.78 is 7.04. The number of rotatable bonds is 9. The number of nitrogens with one attached hydrogen (secondary N) is 2. The van der Waals surface area contributed by atoms with Crippen LogP contribution in [0.5, 0.6) is 5.75 Å². The molecule has 2 N–H and O–H groups in total. The van der Waals surface area contributed by atoms with Gasteiger partial charge in [-0.1, -0.05) is 24.8 Å². The predicted octanol–water partition coefficient (Wildman–Crippen LogP) is 2.86. The maximum absolute atomic E-state index is 12.0. The zero-order valence-electron chi connectivity index (χ0n) is 16.3. The Labute approximate surface area is 168 Å². The molecule has 0 radical (unpaired) electrons. The number of aromatic nitrogens is 3. The minimum atomic E-state index is -0.494. The number of carbonyl (C=O) groups is 2. The van der Waals surface area contributed by atoms with Gasteiger partial charge in [-0.25, -0.2) is 4.79 Å². The lowest BCUT2D eigenvalue weighted by molar-refractivity contribution is -0.117. The Morgan fingerprint density at radius 1 is 1.32 bits per heavy atom. The summed E-state index contributed by atoms with van der Waals surface area (Å²) in [5.74, 6) is 1.07. The Morgan fingerprint density at radius 2 is 2.04 bits per heavy atom. The molecule has 0 aliphatic heterocycles. The van der Waals surface area contributed by atoms with Crippen molar-refractivity contribution in [3.63, 3.8) is 0 Å². The van der Waals surface area contributed by atoms with Gasteiger partial charge in [-0.15, -0.1) is 16.8 Å². The molecule has 0 unspecified atom stereocenters. The van der Waals surface area contributed by atoms with Crippen molar-refractivity contribution in [2.45, 2.75) is 38.0 Å². The van der Waals surface area contributed by atoms with Crippen LogP contribution in [0, 0.1) is 0 Å². The molecular formula is C19H25N5O3S. The fraction of sp³-hybridized carbons (Fsp3) is 0.368. The highest BCUT2D eigenvalue weighted by atomic mass is 32.2. The summed E-state index contributed by atoms with van der Waals surface area (Å²) in [5, 5.41) is 14.0. The molecule has 2 aromatic rings. The lowest BCUT2D eigenvalue weighted by Gasteiger charge is -2.11. The van der Waals surface area contributed by atoms with Crippen molar-refractivity contribution in [3.05, 3.63) is 36.9 Å². The molecule has 28 heavy (non-hydrogen) atoms. The normalized spacial score (nSPS) is 11.5. The van der Waals surface area contributed by atoms with Gasteiger partial charge in [0.2, 0.25) is 5.91 Å². The van der Waals surface area contributed by atoms with Crippen molar-refractivity contribution in [1.82, 2.24) is 25.4 Å². The molecule has 9 heteroatoms. The van der Waals surface area contributed by atoms with E-state index >= 15 is 0 Å². The molecule has 0 spiro atoms. The highest BCUT2D eigenvalue weighted by Crippen LogP contribution is 2.25. The Balaban J connectivity index is 2.05. The summed E-state index contributed by atoms with van der Waals surface area (Å²) in [7, 11) is 1.61. The van der Waals surface area contributed by atoms with Crippen LogP contribution in [-0.4, -0.2) is 45.6 Å². The van der Waals surface area contributed by atoms with Crippen molar-refractivity contribution in [3.8, 4) is 17.1 Å². The third-order valence-electron chi connectivity index (χ3n) is 3.95. The number of nitrogens with zero attached hydrogens (tertiary/aromatic N) is 3. The summed E-state index contributed by atoms with van der Waals surface area (Å²) in [6.45, 7) is 8.09. The molecule has 0 bridgehead atoms. The summed E-state index contributed by atoms with van der Waals surface area (Å²) in [5.41, 5.74) is 0.874. The van der Waals surface area contributed by atoms with Gasteiger partial charge in [0.1, 0.15) is 5.75 Å². The number of methoxy groups -OCH3 is 1. The Kier molecular flexibility index (Phi) is 8.06. The standard InChI is InChI=1S/C19H25N5O3S/c1-5-11-24-17(14-7-9-15(27-4)10-8-14)22-23-19(24)28-12-16(25)21-18(26)20-13(3)6-2/h5,7-10,13H,1,6,11-12H2,2-4H3,(H2,20,21,25,26)/t13-/m0/s1. The number of urea groups is 1. The third-order valence-corrected chi connectivity index (χ3v) is 4.92. The second-order valence-corrected chi connectivity index (χ2v) is 7.00. The fourth-order valence-corrected chi connectivity index (χ4v) is 3.05. The molecule has 150 valence electrons. The molecule has 8 nitrogen and oxygen atoms in total. The van der Waals surface area contributed by atoms with Crippen LogP contribution < -0.4 is 15.4 Å². The maximum atomic E-state index is 12.0. The van der Waals surface area contributed by atoms with E-state index in [4.69, 9.17) is 4.74 Å². The molecule has 1 heterocycles. The third kappa shape index (κ3) is 5.85. The van der Waals surface area contributed by atoms with Gasteiger partial charge in [0.25, 0.3) is 0 Å². The van der Waals surface area contributed by atoms with E-state index < -0.39 is 11.9 Å². The summed E-state index contributed by atoms with van der Waals surface area (Å²) in [6.07, 6.45) is 2.52. The van der Waals surface area contributed by atoms with E-state index in [1.807, 2.05) is 42.7 Å². The minimum absolute atomic E-state index is 0.00296. The first-order valence-corrected chi connectivity index (χ1v) is 9.88. The average molecular weight is 404 g/mol. The lowest BCUT2D eigenvalue weighted by Crippen LogP contribution is -2.43. The van der Waals surface area contributed by atoms with Crippen LogP contribution in [0.2, 0.25) is 0 Å². The van der Waals surface area contributed by atoms with Crippen molar-refractivity contribution < 1.29 is 14.3 Å². The number of carbonyl (C=O) groups excluding carboxylic acids is 2. The van der Waals surface area contributed by atoms with Crippen LogP contribution in [0.3, 0.4) is 0 Å². The smallest absolute Gasteiger partial charge is 0.321 e. The summed E-state index contributed by atoms with van der Waals surface area (Å²) >= 11 is 1.21. The van der Waals surface area contributed by atoms with Gasteiger partial charge >= 0.3 is 6.03 Å². The maximum Gasteiger partial charge on any atom is 0.321 e. The van der Waals surface area contributed by atoms with Gasteiger partial charge in [-0.3, -0.25) is 14.7 Å². The topological polar surface area (TPSA) is 98.1 Å². The second-order valence-electron chi connectivity index (χ2n) is 6.05. The molecule has 0 saturated heterocycles. The number of hydrogen-bond donors (Lipinski definition) is 2. The number of benzene rings is 1. The Morgan fingerprint density at radius 3 is 2.64 bits per heavy atom. The first-order chi connectivity index (χ1) is 13.5. The van der Waals surface area contributed by atoms with Crippen molar-refractivity contribution in [1.29, 1.82) is 0 Å². The zero-order valence-corrected chi connectivity index (χ0v) is 17.1. The molecule has 2 rings (SSSR count). The van der Waals surface area contributed by atoms with E-state index in [-0.39, 0.29) is 11.8 Å². The monoisotopic (exact) mass is 403 g/mol. The Bertz CT molecular complexity index is 819. The highest BCUT2D eigenvalue weighted by Gasteiger charge is 2.16. The van der Waals surface area contributed by atoms with Gasteiger partial charge in [0, 0.05) is 18.2 Å². The quantitative estimate of drug-likeness (QED) is 0.493. The number of ether oxygens (including phenoxy) is 1. The number of hydrogen-bond acceptors (Lipinski definition) is 6. The van der Waals surface area contributed by atoms with E-state index in [9.17, 15) is 9.59 Å². The molecule has 3 amide bonds. The molecule has 0 saturated carbocycles. The van der Waals surface area contributed by atoms with Crippen molar-refractivity contribution >= 4 is 23.7 Å². The SMILES string of the molecule is C=CCn1c(SCC(=O)NC(=O)N[C@@H](C)CC)nnc1-c1ccc(OC)cc1. The van der Waals surface area contributed by atoms with Gasteiger partial charge in [0.15, 0.2) is 11.0 Å². The van der Waals surface area contributed by atoms with Crippen LogP contribution in [0.1, 0.15) is 20.3 Å². The van der Waals surface area contributed by atoms with Crippen LogP contribution in [0.4, 0.5) is 4.79 Å². The van der Waals surface area contributed by atoms with Crippen LogP contribution in [-0.2, 0) is 11.3 Å². The van der Waals surface area contributed by atoms with Crippen molar-refractivity contribution in [2.24, 2.45) is 0 Å². The van der Waals surface area contributed by atoms with Gasteiger partial charge in [-0.2, -0.15) is 0 Å². The van der Waals surface area contributed by atoms with Gasteiger partial charge < -0.3 is 10.1 Å². The molecule has 1 aromatic carbocycles. The lowest BCUT2D eigenvalue weighted by atomic mass is 10.2. The number of allylic oxidation sites excluding steroid dienone is 1. The number of thioether (sulfide) groups is 1. The van der Waals surface area contributed by atoms with Crippen molar-refractivity contribution in [2.75, 3.05) is 12.9 Å².